The lowest BCUT2D eigenvalue weighted by atomic mass is 9.96. The molecule has 0 heterocycles. The highest BCUT2D eigenvalue weighted by Crippen LogP contribution is 2.19. The predicted octanol–water partition coefficient (Wildman–Crippen LogP) is 3.26. The fourth-order valence-electron chi connectivity index (χ4n) is 2.19. The Balaban J connectivity index is 1.84. The summed E-state index contributed by atoms with van der Waals surface area (Å²) in [6.45, 7) is 0. The number of hydrogen-bond donors (Lipinski definition) is 0. The van der Waals surface area contributed by atoms with Crippen molar-refractivity contribution >= 4 is 11.9 Å². The molecule has 1 saturated carbocycles. The lowest BCUT2D eigenvalue weighted by Gasteiger charge is -2.15. The van der Waals surface area contributed by atoms with Gasteiger partial charge in [0, 0.05) is 0 Å². The first-order valence-electron chi connectivity index (χ1n) is 6.57. The minimum Gasteiger partial charge on any atom is -0.271 e. The second-order valence-corrected chi connectivity index (χ2v) is 4.69. The van der Waals surface area contributed by atoms with Crippen LogP contribution in [-0.2, 0) is 11.2 Å². The lowest BCUT2D eigenvalue weighted by molar-refractivity contribution is -0.117. The Morgan fingerprint density at radius 1 is 1.17 bits per heavy atom. The molecule has 1 amide bonds. The first-order chi connectivity index (χ1) is 8.84. The number of benzene rings is 1. The van der Waals surface area contributed by atoms with Crippen LogP contribution in [0.5, 0.6) is 0 Å². The Bertz CT molecular complexity index is 441. The smallest absolute Gasteiger partial charge is 0.259 e. The molecule has 0 atom stereocenters. The third kappa shape index (κ3) is 4.27. The molecule has 3 heteroatoms. The molecule has 0 bridgehead atoms. The second-order valence-electron chi connectivity index (χ2n) is 4.69. The number of carbonyl (C=O) groups excluding carboxylic acids is 1. The van der Waals surface area contributed by atoms with Gasteiger partial charge in [-0.15, -0.1) is 4.99 Å². The molecule has 1 aromatic rings. The van der Waals surface area contributed by atoms with Crippen molar-refractivity contribution in [2.45, 2.75) is 44.6 Å². The minimum atomic E-state index is -0.180. The molecule has 0 aromatic heterocycles. The van der Waals surface area contributed by atoms with Gasteiger partial charge >= 0.3 is 0 Å². The first-order valence-corrected chi connectivity index (χ1v) is 6.57. The quantitative estimate of drug-likeness (QED) is 0.750. The third-order valence-corrected chi connectivity index (χ3v) is 3.19. The van der Waals surface area contributed by atoms with Gasteiger partial charge in [0.25, 0.3) is 5.91 Å². The Labute approximate surface area is 108 Å². The van der Waals surface area contributed by atoms with Gasteiger partial charge in [0.2, 0.25) is 0 Å². The van der Waals surface area contributed by atoms with E-state index in [9.17, 15) is 4.79 Å². The Hall–Kier alpha value is -1.73. The van der Waals surface area contributed by atoms with Gasteiger partial charge in [-0.3, -0.25) is 4.79 Å². The van der Waals surface area contributed by atoms with Crippen molar-refractivity contribution in [2.24, 2.45) is 9.98 Å². The number of aliphatic imine (C=N–C) groups is 2. The molecule has 1 aromatic carbocycles. The van der Waals surface area contributed by atoms with E-state index in [-0.39, 0.29) is 5.91 Å². The summed E-state index contributed by atoms with van der Waals surface area (Å²) < 4.78 is 0. The molecule has 0 unspecified atom stereocenters. The lowest BCUT2D eigenvalue weighted by Crippen LogP contribution is -2.08. The van der Waals surface area contributed by atoms with Crippen LogP contribution in [0.25, 0.3) is 0 Å². The van der Waals surface area contributed by atoms with Crippen molar-refractivity contribution in [3.63, 3.8) is 0 Å². The van der Waals surface area contributed by atoms with Crippen molar-refractivity contribution in [1.29, 1.82) is 0 Å². The molecule has 1 fully saturated rings. The van der Waals surface area contributed by atoms with E-state index in [1.807, 2.05) is 30.3 Å². The van der Waals surface area contributed by atoms with Crippen LogP contribution in [0.1, 0.15) is 37.7 Å². The number of hydrogen-bond acceptors (Lipinski definition) is 2. The molecule has 18 heavy (non-hydrogen) atoms. The summed E-state index contributed by atoms with van der Waals surface area (Å²) in [6.07, 6.45) is 6.30. The SMILES string of the molecule is O=C(Cc1ccccc1)N=C=NC1CCCCC1. The van der Waals surface area contributed by atoms with E-state index in [0.717, 1.165) is 18.4 Å². The number of rotatable bonds is 3. The highest BCUT2D eigenvalue weighted by molar-refractivity contribution is 5.84. The summed E-state index contributed by atoms with van der Waals surface area (Å²) in [4.78, 5) is 19.6. The van der Waals surface area contributed by atoms with E-state index in [0.29, 0.717) is 12.5 Å². The molecule has 1 aliphatic rings. The standard InChI is InChI=1S/C15H18N2O/c18-15(11-13-7-3-1-4-8-13)17-12-16-14-9-5-2-6-10-14/h1,3-4,7-8,14H,2,5-6,9-11H2. The summed E-state index contributed by atoms with van der Waals surface area (Å²) in [5.74, 6) is -0.180. The van der Waals surface area contributed by atoms with Crippen LogP contribution in [0.3, 0.4) is 0 Å². The molecular weight excluding hydrogens is 224 g/mol. The molecule has 3 nitrogen and oxygen atoms in total. The van der Waals surface area contributed by atoms with E-state index >= 15 is 0 Å². The maximum absolute atomic E-state index is 11.6. The minimum absolute atomic E-state index is 0.180. The molecule has 2 rings (SSSR count). The fourth-order valence-corrected chi connectivity index (χ4v) is 2.19. The Kier molecular flexibility index (Phi) is 4.86. The van der Waals surface area contributed by atoms with Gasteiger partial charge < -0.3 is 0 Å². The monoisotopic (exact) mass is 242 g/mol. The van der Waals surface area contributed by atoms with Gasteiger partial charge in [-0.1, -0.05) is 49.6 Å². The van der Waals surface area contributed by atoms with Gasteiger partial charge in [-0.2, -0.15) is 0 Å². The van der Waals surface area contributed by atoms with Crippen LogP contribution in [0.4, 0.5) is 0 Å². The van der Waals surface area contributed by atoms with Gasteiger partial charge in [-0.05, 0) is 18.4 Å². The van der Waals surface area contributed by atoms with E-state index in [2.05, 4.69) is 16.0 Å². The van der Waals surface area contributed by atoms with Crippen molar-refractivity contribution in [1.82, 2.24) is 0 Å². The van der Waals surface area contributed by atoms with Crippen molar-refractivity contribution in [2.75, 3.05) is 0 Å². The zero-order valence-electron chi connectivity index (χ0n) is 10.5. The van der Waals surface area contributed by atoms with Crippen LogP contribution < -0.4 is 0 Å². The Morgan fingerprint density at radius 3 is 2.61 bits per heavy atom. The number of nitrogens with zero attached hydrogens (tertiary/aromatic N) is 2. The summed E-state index contributed by atoms with van der Waals surface area (Å²) in [5.41, 5.74) is 0.978. The zero-order valence-corrected chi connectivity index (χ0v) is 10.5. The highest BCUT2D eigenvalue weighted by atomic mass is 16.1. The number of carbonyl (C=O) groups is 1. The molecule has 0 saturated heterocycles. The molecule has 0 N–H and O–H groups in total. The average Bonchev–Trinajstić information content (AvgIpc) is 2.41. The first kappa shape index (κ1) is 12.7. The Morgan fingerprint density at radius 2 is 1.89 bits per heavy atom. The normalized spacial score (nSPS) is 15.8. The molecule has 0 radical (unpaired) electrons. The molecule has 0 spiro atoms. The van der Waals surface area contributed by atoms with E-state index in [1.165, 1.54) is 19.3 Å². The van der Waals surface area contributed by atoms with E-state index < -0.39 is 0 Å². The third-order valence-electron chi connectivity index (χ3n) is 3.19. The average molecular weight is 242 g/mol. The fraction of sp³-hybridized carbons (Fsp3) is 0.467. The van der Waals surface area contributed by atoms with E-state index in [1.54, 1.807) is 0 Å². The summed E-state index contributed by atoms with van der Waals surface area (Å²) in [7, 11) is 0. The molecular formula is C15H18N2O. The summed E-state index contributed by atoms with van der Waals surface area (Å²) in [5, 5.41) is 0. The van der Waals surface area contributed by atoms with Gasteiger partial charge in [0.05, 0.1) is 18.5 Å². The van der Waals surface area contributed by atoms with Crippen LogP contribution >= 0.6 is 0 Å². The van der Waals surface area contributed by atoms with Crippen molar-refractivity contribution in [3.8, 4) is 0 Å². The maximum atomic E-state index is 11.6. The predicted molar refractivity (Wildman–Crippen MR) is 71.9 cm³/mol. The molecule has 94 valence electrons. The summed E-state index contributed by atoms with van der Waals surface area (Å²) >= 11 is 0. The summed E-state index contributed by atoms with van der Waals surface area (Å²) in [6, 6.07) is 12.5. The van der Waals surface area contributed by atoms with Gasteiger partial charge in [0.1, 0.15) is 0 Å². The highest BCUT2D eigenvalue weighted by Gasteiger charge is 2.10. The van der Waals surface area contributed by atoms with Gasteiger partial charge in [0.15, 0.2) is 0 Å². The van der Waals surface area contributed by atoms with Gasteiger partial charge in [-0.25, -0.2) is 4.99 Å². The van der Waals surface area contributed by atoms with Crippen molar-refractivity contribution < 1.29 is 4.79 Å². The number of amides is 1. The second kappa shape index (κ2) is 6.87. The van der Waals surface area contributed by atoms with E-state index in [4.69, 9.17) is 0 Å². The van der Waals surface area contributed by atoms with Crippen LogP contribution in [0.15, 0.2) is 40.3 Å². The molecule has 0 aliphatic heterocycles. The topological polar surface area (TPSA) is 41.8 Å². The van der Waals surface area contributed by atoms with Crippen molar-refractivity contribution in [3.05, 3.63) is 35.9 Å². The maximum Gasteiger partial charge on any atom is 0.259 e. The van der Waals surface area contributed by atoms with Crippen LogP contribution in [0, 0.1) is 0 Å². The zero-order chi connectivity index (χ0) is 12.6. The molecule has 1 aliphatic carbocycles. The van der Waals surface area contributed by atoms with Crippen LogP contribution in [-0.4, -0.2) is 18.0 Å². The largest absolute Gasteiger partial charge is 0.271 e. The van der Waals surface area contributed by atoms with Crippen LogP contribution in [0.2, 0.25) is 0 Å².